The number of thiophene rings is 2. The lowest BCUT2D eigenvalue weighted by Gasteiger charge is -2.10. The number of aliphatic hydroxyl groups excluding tert-OH is 1. The third-order valence-corrected chi connectivity index (χ3v) is 4.44. The van der Waals surface area contributed by atoms with Crippen LogP contribution < -0.4 is 15.7 Å². The van der Waals surface area contributed by atoms with Gasteiger partial charge in [-0.2, -0.15) is 27.0 Å². The van der Waals surface area contributed by atoms with Crippen molar-refractivity contribution in [2.45, 2.75) is 31.0 Å². The van der Waals surface area contributed by atoms with Crippen LogP contribution in [0.4, 0.5) is 0 Å². The summed E-state index contributed by atoms with van der Waals surface area (Å²) in [7, 11) is 0. The van der Waals surface area contributed by atoms with Crippen molar-refractivity contribution >= 4 is 55.6 Å². The van der Waals surface area contributed by atoms with Crippen LogP contribution in [0, 0.1) is 0 Å². The predicted molar refractivity (Wildman–Crippen MR) is 152 cm³/mol. The molecule has 7 nitrogen and oxygen atoms in total. The van der Waals surface area contributed by atoms with Gasteiger partial charge in [-0.25, -0.2) is 0 Å². The molecule has 3 atom stereocenters. The average Bonchev–Trinajstić information content (AvgIpc) is 3.43. The van der Waals surface area contributed by atoms with Crippen LogP contribution in [0.3, 0.4) is 0 Å². The normalized spacial score (nSPS) is 25.6. The van der Waals surface area contributed by atoms with E-state index in [1.807, 2.05) is 0 Å². The zero-order valence-corrected chi connectivity index (χ0v) is 21.1. The molecule has 35 heavy (non-hydrogen) atoms. The van der Waals surface area contributed by atoms with Crippen molar-refractivity contribution in [3.05, 3.63) is 80.5 Å². The molecule has 0 saturated heterocycles. The molecule has 0 radical (unpaired) electrons. The molecule has 2 aromatic heterocycles. The van der Waals surface area contributed by atoms with Gasteiger partial charge in [-0.05, 0) is 48.2 Å². The minimum Gasteiger partial charge on any atom is -0.547 e. The number of aliphatic carboxylic acids is 1. The lowest BCUT2D eigenvalue weighted by molar-refractivity contribution is -0.628. The molecule has 0 aliphatic carbocycles. The fourth-order valence-corrected chi connectivity index (χ4v) is 2.57. The summed E-state index contributed by atoms with van der Waals surface area (Å²) in [6.07, 6.45) is -15.2. The zero-order valence-electron chi connectivity index (χ0n) is 39.5. The van der Waals surface area contributed by atoms with Gasteiger partial charge in [0, 0.05) is 28.5 Å². The number of aliphatic hydroxyl groups is 3. The Hall–Kier alpha value is -1.41. The van der Waals surface area contributed by atoms with E-state index in [1.165, 1.54) is 17.4 Å². The van der Waals surface area contributed by atoms with Crippen LogP contribution in [0.15, 0.2) is 65.2 Å². The van der Waals surface area contributed by atoms with Crippen molar-refractivity contribution in [2.75, 3.05) is 26.9 Å². The molecule has 0 saturated carbocycles. The van der Waals surface area contributed by atoms with Gasteiger partial charge in [0.15, 0.2) is 0 Å². The van der Waals surface area contributed by atoms with E-state index in [2.05, 4.69) is 0 Å². The number of hydrogen-bond acceptors (Lipinski definition) is 8. The Morgan fingerprint density at radius 3 is 2.14 bits per heavy atom. The number of hydrogen-bond donors (Lipinski definition) is 5. The molecule has 0 aliphatic heterocycles. The number of benzene rings is 1. The first-order valence-electron chi connectivity index (χ1n) is 19.5. The Balaban J connectivity index is 0. The highest BCUT2D eigenvalue weighted by molar-refractivity contribution is 7.59. The van der Waals surface area contributed by atoms with Gasteiger partial charge in [0.05, 0.1) is 49.4 Å². The summed E-state index contributed by atoms with van der Waals surface area (Å²) >= 11 is 0.590. The largest absolute Gasteiger partial charge is 0.547 e. The summed E-state index contributed by atoms with van der Waals surface area (Å²) in [5, 5.41) is 39.8. The van der Waals surface area contributed by atoms with E-state index in [4.69, 9.17) is 35.3 Å². The van der Waals surface area contributed by atoms with Crippen molar-refractivity contribution < 1.29 is 60.7 Å². The van der Waals surface area contributed by atoms with Gasteiger partial charge in [-0.3, -0.25) is 0 Å². The molecular formula is C24H38N2O5S4. The molecular weight excluding hydrogens is 525 g/mol. The Labute approximate surface area is 260 Å². The molecule has 0 spiro atoms. The molecule has 198 valence electrons. The standard InChI is InChI=1S/2C8H13NOS.C8H8O3.2H2S/c2*1-9-5-4-7(10)8-3-2-6-11-8;9-7(8(10)11)6-4-2-1-3-5-6;;/h2*2-3,6-7,9-10H,4-5H2,1H3;1-5,7,9H,(H,10,11);2*1H2/t7-;;7-;;/m0.0../s1/i2*1D3,2D,3D,4D2,5D2,6D,7D;;;. The Morgan fingerprint density at radius 1 is 1.11 bits per heavy atom. The second-order valence-electron chi connectivity index (χ2n) is 5.18. The van der Waals surface area contributed by atoms with E-state index in [0.29, 0.717) is 16.9 Å². The summed E-state index contributed by atoms with van der Waals surface area (Å²) in [5.41, 5.74) is 0.340. The van der Waals surface area contributed by atoms with Crippen LogP contribution in [0.2, 0.25) is 0 Å². The van der Waals surface area contributed by atoms with Crippen molar-refractivity contribution in [3.63, 3.8) is 0 Å². The number of rotatable bonds is 10. The predicted octanol–water partition coefficient (Wildman–Crippen LogP) is 1.45. The maximum atomic E-state index is 10.1. The lowest BCUT2D eigenvalue weighted by Crippen LogP contribution is -2.79. The number of carbonyl (C=O) groups is 1. The van der Waals surface area contributed by atoms with E-state index in [0.717, 1.165) is 0 Å². The summed E-state index contributed by atoms with van der Waals surface area (Å²) < 4.78 is 163. The van der Waals surface area contributed by atoms with Crippen LogP contribution in [0.5, 0.6) is 0 Å². The van der Waals surface area contributed by atoms with Gasteiger partial charge >= 0.3 is 0 Å². The van der Waals surface area contributed by atoms with E-state index in [-0.39, 0.29) is 43.6 Å². The van der Waals surface area contributed by atoms with Crippen molar-refractivity contribution in [3.8, 4) is 0 Å². The number of nitrogens with two attached hydrogens (primary N) is 1. The van der Waals surface area contributed by atoms with Crippen LogP contribution >= 0.6 is 49.7 Å². The highest BCUT2D eigenvalue weighted by Crippen LogP contribution is 2.21. The fourth-order valence-electron chi connectivity index (χ4n) is 1.66. The van der Waals surface area contributed by atoms with Gasteiger partial charge in [-0.1, -0.05) is 42.4 Å². The summed E-state index contributed by atoms with van der Waals surface area (Å²) in [6, 6.07) is 5.31. The quantitative estimate of drug-likeness (QED) is 0.245. The SMILES string of the molecule is O=C([O-])[C@@H](O)c1ccccc1.S.S.[2H]c1sc(C([2H])(O)C([2H])([2H])C([2H])([2H])NC([2H])([2H])[2H])c([2H])c1[2H].[2H]c1sc([C@@]([2H])(O)C([2H])([2H])C([2H])([2H])[NH2+]C([2H])([2H])[2H])c([2H])c1[2H]. The van der Waals surface area contributed by atoms with Crippen LogP contribution in [-0.4, -0.2) is 48.2 Å². The summed E-state index contributed by atoms with van der Waals surface area (Å²) in [4.78, 5) is 8.67. The molecule has 11 heteroatoms. The van der Waals surface area contributed by atoms with Gasteiger partial charge in [0.2, 0.25) is 0 Å². The molecule has 6 N–H and O–H groups in total. The fraction of sp³-hybridized carbons (Fsp3) is 0.375. The third kappa shape index (κ3) is 15.3. The monoisotopic (exact) mass is 584 g/mol. The van der Waals surface area contributed by atoms with Crippen LogP contribution in [0.1, 0.15) is 76.5 Å². The van der Waals surface area contributed by atoms with Crippen molar-refractivity contribution in [1.82, 2.24) is 5.32 Å². The van der Waals surface area contributed by atoms with Crippen LogP contribution in [0.25, 0.3) is 0 Å². The number of nitrogens with one attached hydrogen (secondary N) is 1. The van der Waals surface area contributed by atoms with Crippen molar-refractivity contribution in [2.24, 2.45) is 0 Å². The third-order valence-electron chi connectivity index (χ3n) is 3.04. The van der Waals surface area contributed by atoms with E-state index >= 15 is 0 Å². The molecule has 3 rings (SSSR count). The zero-order chi connectivity index (χ0) is 43.7. The maximum Gasteiger partial charge on any atom is 0.118 e. The topological polar surface area (TPSA) is 129 Å². The molecule has 3 aromatic rings. The number of carbonyl (C=O) groups excluding carboxylic acids is 1. The lowest BCUT2D eigenvalue weighted by atomic mass is 10.1. The number of carboxylic acid groups (broad SMARTS) is 1. The summed E-state index contributed by atoms with van der Waals surface area (Å²) in [6.45, 7) is -12.6. The van der Waals surface area contributed by atoms with Crippen molar-refractivity contribution in [1.29, 1.82) is 0 Å². The number of carboxylic acids is 1. The Morgan fingerprint density at radius 2 is 1.69 bits per heavy atom. The molecule has 0 amide bonds. The summed E-state index contributed by atoms with van der Waals surface area (Å²) in [5.74, 6) is -1.48. The second kappa shape index (κ2) is 21.8. The second-order valence-corrected chi connectivity index (χ2v) is 6.82. The van der Waals surface area contributed by atoms with Gasteiger partial charge in [-0.15, -0.1) is 22.7 Å². The minimum absolute atomic E-state index is 0. The van der Waals surface area contributed by atoms with E-state index in [1.54, 1.807) is 18.2 Å². The van der Waals surface area contributed by atoms with E-state index < -0.39 is 109 Å². The van der Waals surface area contributed by atoms with E-state index in [9.17, 15) is 20.1 Å². The number of quaternary nitrogens is 1. The van der Waals surface area contributed by atoms with Crippen LogP contribution in [-0.2, 0) is 4.79 Å². The first-order chi connectivity index (χ1) is 24.3. The first-order valence-corrected chi connectivity index (χ1v) is 10.1. The molecule has 0 aliphatic rings. The molecule has 1 unspecified atom stereocenters. The molecule has 0 fully saturated rings. The Kier molecular flexibility index (Phi) is 7.75. The molecule has 1 aromatic carbocycles. The highest BCUT2D eigenvalue weighted by atomic mass is 32.1. The molecule has 2 heterocycles. The average molecular weight is 585 g/mol. The minimum atomic E-state index is -3.49. The highest BCUT2D eigenvalue weighted by Gasteiger charge is 2.08. The Bertz CT molecular complexity index is 1680. The van der Waals surface area contributed by atoms with Gasteiger partial charge in [0.25, 0.3) is 0 Å². The molecule has 0 bridgehead atoms. The smallest absolute Gasteiger partial charge is 0.118 e. The van der Waals surface area contributed by atoms with Gasteiger partial charge in [0.1, 0.15) is 6.10 Å². The maximum absolute atomic E-state index is 10.1. The first kappa shape index (κ1) is 12.4. The van der Waals surface area contributed by atoms with Gasteiger partial charge < -0.3 is 35.9 Å².